The van der Waals surface area contributed by atoms with Gasteiger partial charge in [-0.3, -0.25) is 14.2 Å². The number of carbonyl (C=O) groups excluding carboxylic acids is 1. The fourth-order valence-corrected chi connectivity index (χ4v) is 4.49. The van der Waals surface area contributed by atoms with E-state index in [1.54, 1.807) is 42.4 Å². The van der Waals surface area contributed by atoms with E-state index >= 15 is 0 Å². The molecule has 0 saturated carbocycles. The highest BCUT2D eigenvalue weighted by atomic mass is 16.5. The number of para-hydroxylation sites is 1. The number of nitrogens with two attached hydrogens (primary N) is 2. The lowest BCUT2D eigenvalue weighted by Crippen LogP contribution is -2.22. The molecular weight excluding hydrogens is 530 g/mol. The predicted octanol–water partition coefficient (Wildman–Crippen LogP) is 3.77. The molecule has 0 radical (unpaired) electrons. The number of ether oxygens (including phenoxy) is 1. The molecule has 6 aromatic rings. The van der Waals surface area contributed by atoms with Gasteiger partial charge in [0.2, 0.25) is 5.88 Å². The van der Waals surface area contributed by atoms with Crippen LogP contribution in [0.4, 0.5) is 5.82 Å². The van der Waals surface area contributed by atoms with Crippen LogP contribution in [0.1, 0.15) is 34.1 Å². The summed E-state index contributed by atoms with van der Waals surface area (Å²) in [5.74, 6) is 6.28. The highest BCUT2D eigenvalue weighted by Crippen LogP contribution is 2.20. The summed E-state index contributed by atoms with van der Waals surface area (Å²) in [6.45, 7) is 2.06. The van der Waals surface area contributed by atoms with Crippen molar-refractivity contribution in [2.75, 3.05) is 12.8 Å². The number of aryl methyl sites for hydroxylation is 1. The van der Waals surface area contributed by atoms with E-state index in [-0.39, 0.29) is 16.9 Å². The van der Waals surface area contributed by atoms with Crippen LogP contribution in [0.5, 0.6) is 5.88 Å². The number of pyridine rings is 2. The van der Waals surface area contributed by atoms with Crippen molar-refractivity contribution in [2.24, 2.45) is 5.73 Å². The Hall–Kier alpha value is -5.95. The van der Waals surface area contributed by atoms with Gasteiger partial charge in [-0.05, 0) is 48.2 Å². The summed E-state index contributed by atoms with van der Waals surface area (Å²) in [6, 6.07) is 22.9. The molecule has 10 heteroatoms. The van der Waals surface area contributed by atoms with Crippen molar-refractivity contribution >= 4 is 28.1 Å². The van der Waals surface area contributed by atoms with Gasteiger partial charge < -0.3 is 16.2 Å². The summed E-state index contributed by atoms with van der Waals surface area (Å²) in [5.41, 5.74) is 14.4. The molecule has 0 fully saturated rings. The number of hydrogen-bond donors (Lipinski definition) is 2. The van der Waals surface area contributed by atoms with E-state index in [0.717, 1.165) is 28.8 Å². The van der Waals surface area contributed by atoms with E-state index in [1.807, 2.05) is 54.6 Å². The Bertz CT molecular complexity index is 2020. The number of primary amides is 1. The van der Waals surface area contributed by atoms with Crippen LogP contribution in [-0.4, -0.2) is 37.2 Å². The Morgan fingerprint density at radius 3 is 2.50 bits per heavy atom. The van der Waals surface area contributed by atoms with Gasteiger partial charge in [0.25, 0.3) is 11.5 Å². The van der Waals surface area contributed by atoms with Gasteiger partial charge in [0, 0.05) is 47.2 Å². The summed E-state index contributed by atoms with van der Waals surface area (Å²) in [5, 5.41) is 5.39. The summed E-state index contributed by atoms with van der Waals surface area (Å²) in [6.07, 6.45) is 5.61. The zero-order chi connectivity index (χ0) is 29.6. The van der Waals surface area contributed by atoms with Gasteiger partial charge in [0.1, 0.15) is 5.56 Å². The Morgan fingerprint density at radius 2 is 1.81 bits per heavy atom. The van der Waals surface area contributed by atoms with Crippen molar-refractivity contribution in [1.29, 1.82) is 0 Å². The molecule has 4 aromatic heterocycles. The second kappa shape index (κ2) is 12.1. The second-order valence-corrected chi connectivity index (χ2v) is 9.09. The third kappa shape index (κ3) is 5.52. The number of rotatable bonds is 4. The number of methoxy groups -OCH3 is 1. The predicted molar refractivity (Wildman–Crippen MR) is 162 cm³/mol. The number of nitrogens with zero attached hydrogens (tertiary/aromatic N) is 5. The smallest absolute Gasteiger partial charge is 0.264 e. The minimum atomic E-state index is -0.619. The Balaban J connectivity index is 0.000000226. The molecule has 10 nitrogen and oxygen atoms in total. The number of carbonyl (C=O) groups is 1. The number of fused-ring (bicyclic) bond motifs is 2. The van der Waals surface area contributed by atoms with Gasteiger partial charge >= 0.3 is 0 Å². The van der Waals surface area contributed by atoms with Crippen molar-refractivity contribution in [2.45, 2.75) is 13.3 Å². The van der Waals surface area contributed by atoms with Crippen molar-refractivity contribution < 1.29 is 9.53 Å². The molecule has 0 aliphatic heterocycles. The zero-order valence-electron chi connectivity index (χ0n) is 23.0. The Kier molecular flexibility index (Phi) is 7.93. The monoisotopic (exact) mass is 557 g/mol. The number of anilines is 1. The first kappa shape index (κ1) is 27.6. The summed E-state index contributed by atoms with van der Waals surface area (Å²) >= 11 is 0. The van der Waals surface area contributed by atoms with Gasteiger partial charge in [-0.15, -0.1) is 5.10 Å². The number of hydrogen-bond acceptors (Lipinski definition) is 7. The molecule has 0 spiro atoms. The molecule has 0 bridgehead atoms. The maximum absolute atomic E-state index is 13.5. The van der Waals surface area contributed by atoms with Crippen LogP contribution in [-0.2, 0) is 6.42 Å². The maximum atomic E-state index is 13.5. The first-order valence-corrected chi connectivity index (χ1v) is 13.0. The van der Waals surface area contributed by atoms with Crippen LogP contribution in [0.15, 0.2) is 96.2 Å². The SMILES string of the molecule is CCc1cc2cccc(C#Cc3ccc(OC)nc3)c2c(=O)n1-c1ccccc1.NC(=O)c1c(N)nn2cccnc12. The fraction of sp³-hybridized carbons (Fsp3) is 0.0938. The van der Waals surface area contributed by atoms with Crippen LogP contribution >= 0.6 is 0 Å². The average molecular weight is 558 g/mol. The van der Waals surface area contributed by atoms with E-state index < -0.39 is 5.91 Å². The minimum Gasteiger partial charge on any atom is -0.481 e. The molecule has 4 N–H and O–H groups in total. The number of amides is 1. The van der Waals surface area contributed by atoms with Crippen molar-refractivity contribution in [3.63, 3.8) is 0 Å². The van der Waals surface area contributed by atoms with E-state index in [4.69, 9.17) is 16.2 Å². The van der Waals surface area contributed by atoms with Gasteiger partial charge in [0.05, 0.1) is 12.5 Å². The van der Waals surface area contributed by atoms with E-state index in [9.17, 15) is 9.59 Å². The number of nitrogen functional groups attached to an aromatic ring is 1. The van der Waals surface area contributed by atoms with Gasteiger partial charge in [0.15, 0.2) is 11.5 Å². The molecule has 0 atom stereocenters. The zero-order valence-corrected chi connectivity index (χ0v) is 23.0. The molecule has 42 heavy (non-hydrogen) atoms. The van der Waals surface area contributed by atoms with Crippen LogP contribution < -0.4 is 21.8 Å². The standard InChI is InChI=1S/C25H20N2O2.C7H7N5O/c1-3-21-16-20-9-7-8-19(14-12-18-13-15-23(29-2)26-17-18)24(20)25(28)27(21)22-10-5-4-6-11-22;8-5-4(6(9)13)7-10-2-1-3-12(7)11-5/h4-11,13,15-17H,3H2,1-2H3;1-3H,(H2,8,11)(H2,9,13). The summed E-state index contributed by atoms with van der Waals surface area (Å²) in [7, 11) is 1.58. The van der Waals surface area contributed by atoms with Crippen LogP contribution in [0.3, 0.4) is 0 Å². The topological polar surface area (TPSA) is 143 Å². The first-order chi connectivity index (χ1) is 20.4. The van der Waals surface area contributed by atoms with E-state index in [0.29, 0.717) is 22.5 Å². The van der Waals surface area contributed by atoms with E-state index in [1.165, 1.54) is 4.52 Å². The molecule has 0 saturated heterocycles. The molecule has 0 aliphatic carbocycles. The fourth-order valence-electron chi connectivity index (χ4n) is 4.49. The third-order valence-corrected chi connectivity index (χ3v) is 6.46. The molecule has 208 valence electrons. The average Bonchev–Trinajstić information content (AvgIpc) is 3.36. The lowest BCUT2D eigenvalue weighted by atomic mass is 10.0. The second-order valence-electron chi connectivity index (χ2n) is 9.09. The molecular formula is C32H27N7O3. The van der Waals surface area contributed by atoms with E-state index in [2.05, 4.69) is 39.9 Å². The lowest BCUT2D eigenvalue weighted by Gasteiger charge is -2.14. The quantitative estimate of drug-likeness (QED) is 0.314. The molecule has 0 aliphatic rings. The Labute approximate surface area is 241 Å². The van der Waals surface area contributed by atoms with Crippen molar-refractivity contribution in [1.82, 2.24) is 24.1 Å². The lowest BCUT2D eigenvalue weighted by molar-refractivity contribution is 0.100. The molecule has 4 heterocycles. The van der Waals surface area contributed by atoms with Gasteiger partial charge in [-0.2, -0.15) is 0 Å². The van der Waals surface area contributed by atoms with Crippen LogP contribution in [0.25, 0.3) is 22.1 Å². The normalized spacial score (nSPS) is 10.4. The third-order valence-electron chi connectivity index (χ3n) is 6.46. The minimum absolute atomic E-state index is 0.0525. The molecule has 2 aromatic carbocycles. The van der Waals surface area contributed by atoms with Crippen molar-refractivity contribution in [3.8, 4) is 23.4 Å². The number of aromatic nitrogens is 5. The summed E-state index contributed by atoms with van der Waals surface area (Å²) in [4.78, 5) is 32.6. The maximum Gasteiger partial charge on any atom is 0.264 e. The van der Waals surface area contributed by atoms with Crippen LogP contribution in [0, 0.1) is 11.8 Å². The Morgan fingerprint density at radius 1 is 1.00 bits per heavy atom. The molecule has 0 unspecified atom stereocenters. The summed E-state index contributed by atoms with van der Waals surface area (Å²) < 4.78 is 8.27. The first-order valence-electron chi connectivity index (χ1n) is 13.0. The van der Waals surface area contributed by atoms with Gasteiger partial charge in [-0.25, -0.2) is 14.5 Å². The van der Waals surface area contributed by atoms with Crippen LogP contribution in [0.2, 0.25) is 0 Å². The molecule has 6 rings (SSSR count). The number of benzene rings is 2. The highest BCUT2D eigenvalue weighted by Gasteiger charge is 2.15. The highest BCUT2D eigenvalue weighted by molar-refractivity contribution is 6.03. The largest absolute Gasteiger partial charge is 0.481 e. The van der Waals surface area contributed by atoms with Gasteiger partial charge in [-0.1, -0.05) is 49.1 Å². The van der Waals surface area contributed by atoms with Crippen molar-refractivity contribution in [3.05, 3.63) is 124 Å². The molecule has 1 amide bonds.